The molecule has 0 amide bonds. The lowest BCUT2D eigenvalue weighted by molar-refractivity contribution is 0.306. The van der Waals surface area contributed by atoms with Gasteiger partial charge in [-0.25, -0.2) is 4.98 Å². The van der Waals surface area contributed by atoms with E-state index in [1.54, 1.807) is 6.92 Å². The SMILES string of the molecule is Cc1cc(=O)[nH]c(Nc2ccc(OCc3ccccc3)cc2)n1. The Kier molecular flexibility index (Phi) is 4.38. The van der Waals surface area contributed by atoms with Gasteiger partial charge in [-0.05, 0) is 36.8 Å². The predicted octanol–water partition coefficient (Wildman–Crippen LogP) is 3.40. The molecule has 0 fully saturated rings. The molecule has 0 atom stereocenters. The normalized spacial score (nSPS) is 10.3. The van der Waals surface area contributed by atoms with Gasteiger partial charge in [0, 0.05) is 17.4 Å². The van der Waals surface area contributed by atoms with E-state index in [0.717, 1.165) is 17.0 Å². The third-order valence-corrected chi connectivity index (χ3v) is 3.24. The number of H-pyrrole nitrogens is 1. The largest absolute Gasteiger partial charge is 0.489 e. The molecule has 0 aliphatic carbocycles. The van der Waals surface area contributed by atoms with Crippen molar-refractivity contribution < 1.29 is 4.74 Å². The van der Waals surface area contributed by atoms with Gasteiger partial charge in [0.15, 0.2) is 0 Å². The molecule has 3 rings (SSSR count). The lowest BCUT2D eigenvalue weighted by atomic mass is 10.2. The lowest BCUT2D eigenvalue weighted by Gasteiger charge is -2.09. The van der Waals surface area contributed by atoms with E-state index in [-0.39, 0.29) is 5.56 Å². The van der Waals surface area contributed by atoms with E-state index in [1.165, 1.54) is 6.07 Å². The molecule has 0 unspecified atom stereocenters. The first-order chi connectivity index (χ1) is 11.2. The maximum absolute atomic E-state index is 11.4. The number of hydrogen-bond acceptors (Lipinski definition) is 4. The van der Waals surface area contributed by atoms with Gasteiger partial charge in [0.25, 0.3) is 5.56 Å². The maximum atomic E-state index is 11.4. The van der Waals surface area contributed by atoms with Crippen LogP contribution in [-0.2, 0) is 6.61 Å². The number of aromatic nitrogens is 2. The van der Waals surface area contributed by atoms with Gasteiger partial charge < -0.3 is 10.1 Å². The second-order valence-corrected chi connectivity index (χ2v) is 5.16. The van der Waals surface area contributed by atoms with Crippen LogP contribution in [0.15, 0.2) is 65.5 Å². The van der Waals surface area contributed by atoms with Gasteiger partial charge in [-0.15, -0.1) is 0 Å². The topological polar surface area (TPSA) is 67.0 Å². The molecule has 1 heterocycles. The molecule has 2 N–H and O–H groups in total. The minimum atomic E-state index is -0.178. The number of rotatable bonds is 5. The van der Waals surface area contributed by atoms with Crippen LogP contribution in [0.3, 0.4) is 0 Å². The fraction of sp³-hybridized carbons (Fsp3) is 0.111. The van der Waals surface area contributed by atoms with Crippen LogP contribution in [0, 0.1) is 6.92 Å². The fourth-order valence-electron chi connectivity index (χ4n) is 2.15. The minimum absolute atomic E-state index is 0.178. The second-order valence-electron chi connectivity index (χ2n) is 5.16. The smallest absolute Gasteiger partial charge is 0.252 e. The van der Waals surface area contributed by atoms with Gasteiger partial charge in [0.05, 0.1) is 0 Å². The summed E-state index contributed by atoms with van der Waals surface area (Å²) in [5, 5.41) is 3.06. The van der Waals surface area contributed by atoms with E-state index >= 15 is 0 Å². The van der Waals surface area contributed by atoms with Gasteiger partial charge in [-0.2, -0.15) is 0 Å². The van der Waals surface area contributed by atoms with Crippen LogP contribution in [-0.4, -0.2) is 9.97 Å². The number of aryl methyl sites for hydroxylation is 1. The number of nitrogens with one attached hydrogen (secondary N) is 2. The summed E-state index contributed by atoms with van der Waals surface area (Å²) < 4.78 is 5.73. The zero-order chi connectivity index (χ0) is 16.1. The minimum Gasteiger partial charge on any atom is -0.489 e. The lowest BCUT2D eigenvalue weighted by Crippen LogP contribution is -2.10. The van der Waals surface area contributed by atoms with Crippen molar-refractivity contribution in [3.8, 4) is 5.75 Å². The molecule has 116 valence electrons. The third-order valence-electron chi connectivity index (χ3n) is 3.24. The molecule has 3 aromatic rings. The Morgan fingerprint density at radius 1 is 1.09 bits per heavy atom. The van der Waals surface area contributed by atoms with Crippen LogP contribution in [0.4, 0.5) is 11.6 Å². The molecule has 0 saturated heterocycles. The Morgan fingerprint density at radius 2 is 1.83 bits per heavy atom. The molecular formula is C18H17N3O2. The predicted molar refractivity (Wildman–Crippen MR) is 90.1 cm³/mol. The Bertz CT molecular complexity index is 827. The van der Waals surface area contributed by atoms with Gasteiger partial charge in [-0.3, -0.25) is 9.78 Å². The summed E-state index contributed by atoms with van der Waals surface area (Å²) in [7, 11) is 0. The summed E-state index contributed by atoms with van der Waals surface area (Å²) in [4.78, 5) is 18.3. The number of anilines is 2. The Labute approximate surface area is 134 Å². The van der Waals surface area contributed by atoms with Crippen molar-refractivity contribution >= 4 is 11.6 Å². The molecular weight excluding hydrogens is 290 g/mol. The average molecular weight is 307 g/mol. The van der Waals surface area contributed by atoms with Crippen LogP contribution in [0.5, 0.6) is 5.75 Å². The van der Waals surface area contributed by atoms with Crippen molar-refractivity contribution in [1.82, 2.24) is 9.97 Å². The van der Waals surface area contributed by atoms with Crippen molar-refractivity contribution in [2.24, 2.45) is 0 Å². The highest BCUT2D eigenvalue weighted by Gasteiger charge is 2.00. The summed E-state index contributed by atoms with van der Waals surface area (Å²) in [6, 6.07) is 19.0. The Hall–Kier alpha value is -3.08. The van der Waals surface area contributed by atoms with Crippen LogP contribution in [0.1, 0.15) is 11.3 Å². The molecule has 0 saturated carbocycles. The van der Waals surface area contributed by atoms with Gasteiger partial charge in [-0.1, -0.05) is 30.3 Å². The van der Waals surface area contributed by atoms with Gasteiger partial charge >= 0.3 is 0 Å². The Morgan fingerprint density at radius 3 is 2.52 bits per heavy atom. The number of benzene rings is 2. The number of nitrogens with zero attached hydrogens (tertiary/aromatic N) is 1. The first kappa shape index (κ1) is 14.8. The molecule has 5 nitrogen and oxygen atoms in total. The molecule has 1 aromatic heterocycles. The summed E-state index contributed by atoms with van der Waals surface area (Å²) in [5.41, 5.74) is 2.43. The van der Waals surface area contributed by atoms with Gasteiger partial charge in [0.1, 0.15) is 12.4 Å². The molecule has 23 heavy (non-hydrogen) atoms. The van der Waals surface area contributed by atoms with Crippen molar-refractivity contribution in [3.05, 3.63) is 82.3 Å². The summed E-state index contributed by atoms with van der Waals surface area (Å²) in [6.07, 6.45) is 0. The van der Waals surface area contributed by atoms with Crippen LogP contribution >= 0.6 is 0 Å². The third kappa shape index (κ3) is 4.20. The van der Waals surface area contributed by atoms with E-state index in [0.29, 0.717) is 18.2 Å². The highest BCUT2D eigenvalue weighted by atomic mass is 16.5. The second kappa shape index (κ2) is 6.79. The fourth-order valence-corrected chi connectivity index (χ4v) is 2.15. The van der Waals surface area contributed by atoms with E-state index < -0.39 is 0 Å². The molecule has 0 aliphatic heterocycles. The number of aromatic amines is 1. The van der Waals surface area contributed by atoms with Crippen molar-refractivity contribution in [1.29, 1.82) is 0 Å². The number of ether oxygens (including phenoxy) is 1. The van der Waals surface area contributed by atoms with E-state index in [2.05, 4.69) is 15.3 Å². The highest BCUT2D eigenvalue weighted by molar-refractivity contribution is 5.54. The highest BCUT2D eigenvalue weighted by Crippen LogP contribution is 2.18. The van der Waals surface area contributed by atoms with Crippen LogP contribution in [0.25, 0.3) is 0 Å². The Balaban J connectivity index is 1.64. The van der Waals surface area contributed by atoms with E-state index in [1.807, 2.05) is 54.6 Å². The van der Waals surface area contributed by atoms with Crippen molar-refractivity contribution in [3.63, 3.8) is 0 Å². The summed E-state index contributed by atoms with van der Waals surface area (Å²) in [6.45, 7) is 2.31. The van der Waals surface area contributed by atoms with Gasteiger partial charge in [0.2, 0.25) is 5.95 Å². The van der Waals surface area contributed by atoms with E-state index in [4.69, 9.17) is 4.74 Å². The first-order valence-electron chi connectivity index (χ1n) is 7.31. The van der Waals surface area contributed by atoms with Crippen molar-refractivity contribution in [2.45, 2.75) is 13.5 Å². The quantitative estimate of drug-likeness (QED) is 0.758. The number of hydrogen-bond donors (Lipinski definition) is 2. The molecule has 0 bridgehead atoms. The standard InChI is InChI=1S/C18H17N3O2/c1-13-11-17(22)21-18(19-13)20-15-7-9-16(10-8-15)23-12-14-5-3-2-4-6-14/h2-11H,12H2,1H3,(H2,19,20,21,22). The van der Waals surface area contributed by atoms with E-state index in [9.17, 15) is 4.79 Å². The molecule has 0 aliphatic rings. The van der Waals surface area contributed by atoms with Crippen LogP contribution in [0.2, 0.25) is 0 Å². The molecule has 0 spiro atoms. The zero-order valence-electron chi connectivity index (χ0n) is 12.7. The van der Waals surface area contributed by atoms with Crippen LogP contribution < -0.4 is 15.6 Å². The molecule has 5 heteroatoms. The first-order valence-corrected chi connectivity index (χ1v) is 7.31. The molecule has 0 radical (unpaired) electrons. The zero-order valence-corrected chi connectivity index (χ0v) is 12.7. The molecule has 2 aromatic carbocycles. The average Bonchev–Trinajstić information content (AvgIpc) is 2.54. The monoisotopic (exact) mass is 307 g/mol. The summed E-state index contributed by atoms with van der Waals surface area (Å²) >= 11 is 0. The van der Waals surface area contributed by atoms with Crippen molar-refractivity contribution in [2.75, 3.05) is 5.32 Å². The summed E-state index contributed by atoms with van der Waals surface area (Å²) in [5.74, 6) is 1.21. The maximum Gasteiger partial charge on any atom is 0.252 e.